The normalized spacial score (nSPS) is 16.5. The number of allylic oxidation sites excluding steroid dienone is 1. The van der Waals surface area contributed by atoms with Crippen molar-refractivity contribution in [3.8, 4) is 11.5 Å². The molecule has 3 heterocycles. The highest BCUT2D eigenvalue weighted by molar-refractivity contribution is 6.15. The third-order valence-corrected chi connectivity index (χ3v) is 7.18. The minimum absolute atomic E-state index is 0.204. The first kappa shape index (κ1) is 24.7. The zero-order valence-electron chi connectivity index (χ0n) is 21.3. The van der Waals surface area contributed by atoms with Gasteiger partial charge in [-0.05, 0) is 23.8 Å². The first-order chi connectivity index (χ1) is 19.1. The number of aromatic nitrogens is 2. The average molecular weight is 525 g/mol. The van der Waals surface area contributed by atoms with Crippen molar-refractivity contribution in [1.82, 2.24) is 20.0 Å². The van der Waals surface area contributed by atoms with Gasteiger partial charge in [0.05, 0.1) is 28.9 Å². The van der Waals surface area contributed by atoms with Crippen LogP contribution in [0, 0.1) is 0 Å². The molecule has 0 radical (unpaired) electrons. The minimum atomic E-state index is -0.908. The number of benzene rings is 3. The Bertz CT molecular complexity index is 1550. The number of ketones is 1. The smallest absolute Gasteiger partial charge is 0.407 e. The van der Waals surface area contributed by atoms with Crippen molar-refractivity contribution in [2.24, 2.45) is 0 Å². The highest BCUT2D eigenvalue weighted by atomic mass is 16.5. The maximum Gasteiger partial charge on any atom is 0.407 e. The molecule has 1 saturated heterocycles. The number of nitrogens with one attached hydrogen (secondary N) is 1. The summed E-state index contributed by atoms with van der Waals surface area (Å²) in [5.41, 5.74) is 3.95. The van der Waals surface area contributed by atoms with E-state index < -0.39 is 6.09 Å². The van der Waals surface area contributed by atoms with E-state index in [1.54, 1.807) is 12.1 Å². The van der Waals surface area contributed by atoms with Crippen molar-refractivity contribution in [1.29, 1.82) is 0 Å². The monoisotopic (exact) mass is 524 g/mol. The van der Waals surface area contributed by atoms with Gasteiger partial charge < -0.3 is 19.5 Å². The highest BCUT2D eigenvalue weighted by Gasteiger charge is 2.33. The van der Waals surface area contributed by atoms with Crippen molar-refractivity contribution in [3.05, 3.63) is 94.9 Å². The van der Waals surface area contributed by atoms with E-state index in [-0.39, 0.29) is 11.5 Å². The molecule has 1 fully saturated rings. The predicted octanol–water partition coefficient (Wildman–Crippen LogP) is 4.60. The Balaban J connectivity index is 1.28. The standard InChI is InChI=1S/C30H28N4O5/c35-28-22-10-11-26(38-17-12-20-6-2-1-3-7-20)23(19-33-13-15-34(16-14-33)30(36)37)29(22)39-27(28)18-25-21-8-4-5-9-24(21)31-32-25/h1-11,18H,12-17,19H2,(H,31,32)(H,36,37)/b27-18-. The van der Waals surface area contributed by atoms with Crippen LogP contribution in [0.1, 0.15) is 27.2 Å². The Kier molecular flexibility index (Phi) is 6.73. The quantitative estimate of drug-likeness (QED) is 0.340. The summed E-state index contributed by atoms with van der Waals surface area (Å²) in [6.45, 7) is 2.95. The Morgan fingerprint density at radius 2 is 1.79 bits per heavy atom. The van der Waals surface area contributed by atoms with Crippen molar-refractivity contribution < 1.29 is 24.2 Å². The van der Waals surface area contributed by atoms with Crippen molar-refractivity contribution in [3.63, 3.8) is 0 Å². The zero-order chi connectivity index (χ0) is 26.8. The van der Waals surface area contributed by atoms with E-state index in [0.717, 1.165) is 22.9 Å². The number of ether oxygens (including phenoxy) is 2. The molecule has 198 valence electrons. The molecule has 4 aromatic rings. The summed E-state index contributed by atoms with van der Waals surface area (Å²) in [5.74, 6) is 1.15. The number of carboxylic acid groups (broad SMARTS) is 1. The van der Waals surface area contributed by atoms with Gasteiger partial charge in [0.2, 0.25) is 5.78 Å². The van der Waals surface area contributed by atoms with E-state index >= 15 is 0 Å². The number of hydrogen-bond donors (Lipinski definition) is 2. The number of rotatable bonds is 7. The molecular formula is C30H28N4O5. The third-order valence-electron chi connectivity index (χ3n) is 7.18. The van der Waals surface area contributed by atoms with Crippen molar-refractivity contribution in [2.75, 3.05) is 32.8 Å². The Hall–Kier alpha value is -4.63. The highest BCUT2D eigenvalue weighted by Crippen LogP contribution is 2.41. The number of piperazine rings is 1. The maximum absolute atomic E-state index is 13.4. The number of hydrogen-bond acceptors (Lipinski definition) is 6. The second kappa shape index (κ2) is 10.6. The molecule has 2 aliphatic heterocycles. The molecule has 0 atom stereocenters. The average Bonchev–Trinajstić information content (AvgIpc) is 3.51. The summed E-state index contributed by atoms with van der Waals surface area (Å²) in [7, 11) is 0. The van der Waals surface area contributed by atoms with Crippen LogP contribution in [0.2, 0.25) is 0 Å². The van der Waals surface area contributed by atoms with Crippen molar-refractivity contribution >= 4 is 28.9 Å². The van der Waals surface area contributed by atoms with Crippen LogP contribution in [0.5, 0.6) is 11.5 Å². The van der Waals surface area contributed by atoms with Gasteiger partial charge in [-0.1, -0.05) is 48.5 Å². The second-order valence-corrected chi connectivity index (χ2v) is 9.64. The van der Waals surface area contributed by atoms with E-state index in [1.807, 2.05) is 48.5 Å². The second-order valence-electron chi connectivity index (χ2n) is 9.64. The molecule has 0 aliphatic carbocycles. The number of carbonyl (C=O) groups is 2. The Morgan fingerprint density at radius 3 is 2.59 bits per heavy atom. The van der Waals surface area contributed by atoms with Gasteiger partial charge in [0.25, 0.3) is 0 Å². The molecular weight excluding hydrogens is 496 g/mol. The molecule has 39 heavy (non-hydrogen) atoms. The third kappa shape index (κ3) is 5.08. The minimum Gasteiger partial charge on any atom is -0.493 e. The van der Waals surface area contributed by atoms with E-state index in [4.69, 9.17) is 9.47 Å². The van der Waals surface area contributed by atoms with Gasteiger partial charge in [-0.25, -0.2) is 4.79 Å². The zero-order valence-corrected chi connectivity index (χ0v) is 21.3. The summed E-state index contributed by atoms with van der Waals surface area (Å²) < 4.78 is 12.5. The van der Waals surface area contributed by atoms with Crippen LogP contribution in [0.15, 0.2) is 72.5 Å². The van der Waals surface area contributed by atoms with Crippen molar-refractivity contribution in [2.45, 2.75) is 13.0 Å². The van der Waals surface area contributed by atoms with Crippen LogP contribution in [0.25, 0.3) is 17.0 Å². The summed E-state index contributed by atoms with van der Waals surface area (Å²) in [6, 6.07) is 21.4. The van der Waals surface area contributed by atoms with Gasteiger partial charge >= 0.3 is 6.09 Å². The van der Waals surface area contributed by atoms with Crippen LogP contribution in [-0.4, -0.2) is 69.8 Å². The first-order valence-electron chi connectivity index (χ1n) is 13.0. The number of Topliss-reactive ketones (excluding diaryl/α,β-unsaturated/α-hetero) is 1. The summed E-state index contributed by atoms with van der Waals surface area (Å²) in [4.78, 5) is 28.3. The number of para-hydroxylation sites is 1. The lowest BCUT2D eigenvalue weighted by Crippen LogP contribution is -2.47. The number of carbonyl (C=O) groups excluding carboxylic acids is 1. The summed E-state index contributed by atoms with van der Waals surface area (Å²) >= 11 is 0. The van der Waals surface area contributed by atoms with Gasteiger partial charge in [0, 0.05) is 50.6 Å². The van der Waals surface area contributed by atoms with E-state index in [2.05, 4.69) is 27.2 Å². The SMILES string of the molecule is O=C1/C(=C/c2n[nH]c3ccccc23)Oc2c1ccc(OCCc1ccccc1)c2CN1CCN(C(=O)O)CC1. The van der Waals surface area contributed by atoms with Gasteiger partial charge in [-0.3, -0.25) is 14.8 Å². The number of aromatic amines is 1. The lowest BCUT2D eigenvalue weighted by Gasteiger charge is -2.33. The molecule has 0 spiro atoms. The lowest BCUT2D eigenvalue weighted by atomic mass is 10.0. The van der Waals surface area contributed by atoms with Crippen LogP contribution >= 0.6 is 0 Å². The molecule has 0 bridgehead atoms. The molecule has 2 aliphatic rings. The van der Waals surface area contributed by atoms with E-state index in [1.165, 1.54) is 10.5 Å². The predicted molar refractivity (Wildman–Crippen MR) is 146 cm³/mol. The van der Waals surface area contributed by atoms with Gasteiger partial charge in [-0.2, -0.15) is 5.10 Å². The molecule has 9 heteroatoms. The van der Waals surface area contributed by atoms with Gasteiger partial charge in [-0.15, -0.1) is 0 Å². The Labute approximate surface area is 225 Å². The lowest BCUT2D eigenvalue weighted by molar-refractivity contribution is 0.101. The number of fused-ring (bicyclic) bond motifs is 2. The van der Waals surface area contributed by atoms with Crippen LogP contribution in [0.4, 0.5) is 4.79 Å². The fourth-order valence-electron chi connectivity index (χ4n) is 5.04. The Morgan fingerprint density at radius 1 is 1.03 bits per heavy atom. The van der Waals surface area contributed by atoms with Crippen LogP contribution in [0.3, 0.4) is 0 Å². The van der Waals surface area contributed by atoms with Gasteiger partial charge in [0.1, 0.15) is 11.5 Å². The number of nitrogens with zero attached hydrogens (tertiary/aromatic N) is 3. The molecule has 9 nitrogen and oxygen atoms in total. The van der Waals surface area contributed by atoms with Crippen LogP contribution < -0.4 is 9.47 Å². The largest absolute Gasteiger partial charge is 0.493 e. The topological polar surface area (TPSA) is 108 Å². The number of amides is 1. The molecule has 1 aromatic heterocycles. The summed E-state index contributed by atoms with van der Waals surface area (Å²) in [5, 5.41) is 17.6. The van der Waals surface area contributed by atoms with Crippen LogP contribution in [-0.2, 0) is 13.0 Å². The molecule has 2 N–H and O–H groups in total. The molecule has 0 unspecified atom stereocenters. The number of H-pyrrole nitrogens is 1. The molecule has 0 saturated carbocycles. The fraction of sp³-hybridized carbons (Fsp3) is 0.233. The maximum atomic E-state index is 13.4. The van der Waals surface area contributed by atoms with Gasteiger partial charge in [0.15, 0.2) is 5.76 Å². The molecule has 6 rings (SSSR count). The molecule has 1 amide bonds. The summed E-state index contributed by atoms with van der Waals surface area (Å²) in [6.07, 6.45) is 1.51. The van der Waals surface area contributed by atoms with E-state index in [0.29, 0.717) is 62.1 Å². The van der Waals surface area contributed by atoms with E-state index in [9.17, 15) is 14.7 Å². The first-order valence-corrected chi connectivity index (χ1v) is 13.0. The molecule has 3 aromatic carbocycles. The fourth-order valence-corrected chi connectivity index (χ4v) is 5.04.